The van der Waals surface area contributed by atoms with Gasteiger partial charge in [-0.05, 0) is 91.4 Å². The van der Waals surface area contributed by atoms with Gasteiger partial charge in [0, 0.05) is 6.61 Å². The van der Waals surface area contributed by atoms with E-state index in [-0.39, 0.29) is 23.9 Å². The second-order valence-electron chi connectivity index (χ2n) is 10.7. The van der Waals surface area contributed by atoms with Gasteiger partial charge in [-0.3, -0.25) is 0 Å². The van der Waals surface area contributed by atoms with Crippen LogP contribution in [-0.2, 0) is 15.9 Å². The van der Waals surface area contributed by atoms with Crippen LogP contribution in [0.1, 0.15) is 62.5 Å². The summed E-state index contributed by atoms with van der Waals surface area (Å²) in [6.45, 7) is 0.350. The van der Waals surface area contributed by atoms with Gasteiger partial charge >= 0.3 is 24.1 Å². The molecule has 2 saturated carbocycles. The van der Waals surface area contributed by atoms with E-state index in [0.29, 0.717) is 24.2 Å². The first-order valence-corrected chi connectivity index (χ1v) is 12.3. The van der Waals surface area contributed by atoms with E-state index in [1.165, 1.54) is 5.56 Å². The van der Waals surface area contributed by atoms with Gasteiger partial charge in [0.25, 0.3) is 0 Å². The molecule has 0 heterocycles. The molecular formula is C25H29F9O3. The highest BCUT2D eigenvalue weighted by Gasteiger charge is 2.85. The summed E-state index contributed by atoms with van der Waals surface area (Å²) in [6, 6.07) is 5.45. The van der Waals surface area contributed by atoms with Gasteiger partial charge in [0.2, 0.25) is 0 Å². The molecule has 1 aromatic carbocycles. The standard InChI is InChI=1S/C25H29F9O3/c1-21-10-9-17-16-6-4-15(35)13-14(16)3-5-18(17)19(21)7-8-20(21)36-11-2-12-37-22(23(26,27)28,24(29,30)31)25(32,33)34/h4,6,13,17-20,35H,2-3,5,7-12H2,1H3/t17-,18-,19+,20+,21+/m1/s1. The Morgan fingerprint density at radius 3 is 2.16 bits per heavy atom. The van der Waals surface area contributed by atoms with E-state index in [9.17, 15) is 44.6 Å². The van der Waals surface area contributed by atoms with Crippen molar-refractivity contribution in [2.45, 2.75) is 88.0 Å². The molecule has 0 bridgehead atoms. The van der Waals surface area contributed by atoms with E-state index in [1.54, 1.807) is 12.1 Å². The minimum Gasteiger partial charge on any atom is -0.508 e. The molecule has 12 heteroatoms. The Hall–Kier alpha value is -1.69. The first-order chi connectivity index (χ1) is 17.0. The number of aryl methyl sites for hydroxylation is 1. The van der Waals surface area contributed by atoms with E-state index in [0.717, 1.165) is 37.7 Å². The number of hydrogen-bond acceptors (Lipinski definition) is 3. The molecule has 3 aliphatic carbocycles. The number of benzene rings is 1. The van der Waals surface area contributed by atoms with E-state index in [2.05, 4.69) is 11.7 Å². The fourth-order valence-electron chi connectivity index (χ4n) is 7.03. The number of hydrogen-bond donors (Lipinski definition) is 1. The number of rotatable bonds is 6. The molecule has 210 valence electrons. The van der Waals surface area contributed by atoms with Crippen molar-refractivity contribution in [3.05, 3.63) is 29.3 Å². The third kappa shape index (κ3) is 4.70. The van der Waals surface area contributed by atoms with Crippen LogP contribution in [0.3, 0.4) is 0 Å². The maximum Gasteiger partial charge on any atom is 0.435 e. The molecule has 0 aromatic heterocycles. The van der Waals surface area contributed by atoms with E-state index < -0.39 is 37.2 Å². The fraction of sp³-hybridized carbons (Fsp3) is 0.760. The SMILES string of the molecule is C[C@]12CC[C@@H]3c4ccc(O)cc4CC[C@H]3[C@@H]1CC[C@@H]2OCCCOC(C(F)(F)F)(C(F)(F)F)C(F)(F)F. The van der Waals surface area contributed by atoms with Crippen LogP contribution in [0.4, 0.5) is 39.5 Å². The van der Waals surface area contributed by atoms with E-state index in [4.69, 9.17) is 4.74 Å². The number of fused-ring (bicyclic) bond motifs is 5. The van der Waals surface area contributed by atoms with Crippen LogP contribution in [0.5, 0.6) is 5.75 Å². The zero-order valence-corrected chi connectivity index (χ0v) is 20.1. The molecule has 0 amide bonds. The van der Waals surface area contributed by atoms with Crippen molar-refractivity contribution in [1.29, 1.82) is 0 Å². The molecule has 0 aliphatic heterocycles. The molecule has 0 spiro atoms. The monoisotopic (exact) mass is 548 g/mol. The lowest BCUT2D eigenvalue weighted by molar-refractivity contribution is -0.457. The van der Waals surface area contributed by atoms with E-state index in [1.807, 2.05) is 6.07 Å². The minimum absolute atomic E-state index is 0.231. The van der Waals surface area contributed by atoms with Gasteiger partial charge in [-0.2, -0.15) is 39.5 Å². The fourth-order valence-corrected chi connectivity index (χ4v) is 7.03. The molecule has 5 atom stereocenters. The molecule has 1 N–H and O–H groups in total. The maximum absolute atomic E-state index is 13.0. The van der Waals surface area contributed by atoms with Gasteiger partial charge in [-0.1, -0.05) is 13.0 Å². The summed E-state index contributed by atoms with van der Waals surface area (Å²) in [5, 5.41) is 9.80. The largest absolute Gasteiger partial charge is 0.508 e. The second kappa shape index (κ2) is 9.50. The second-order valence-corrected chi connectivity index (χ2v) is 10.7. The van der Waals surface area contributed by atoms with Gasteiger partial charge in [-0.15, -0.1) is 0 Å². The first-order valence-electron chi connectivity index (χ1n) is 12.3. The number of phenols is 1. The molecule has 0 saturated heterocycles. The lowest BCUT2D eigenvalue weighted by Gasteiger charge is -2.50. The van der Waals surface area contributed by atoms with Crippen molar-refractivity contribution >= 4 is 0 Å². The van der Waals surface area contributed by atoms with Crippen LogP contribution in [0, 0.1) is 17.3 Å². The molecule has 3 nitrogen and oxygen atoms in total. The maximum atomic E-state index is 13.0. The predicted octanol–water partition coefficient (Wildman–Crippen LogP) is 7.47. The molecule has 4 rings (SSSR count). The third-order valence-corrected chi connectivity index (χ3v) is 8.75. The van der Waals surface area contributed by atoms with Crippen molar-refractivity contribution in [1.82, 2.24) is 0 Å². The lowest BCUT2D eigenvalue weighted by atomic mass is 9.55. The number of aromatic hydroxyl groups is 1. The van der Waals surface area contributed by atoms with Crippen molar-refractivity contribution in [3.63, 3.8) is 0 Å². The number of ether oxygens (including phenoxy) is 2. The van der Waals surface area contributed by atoms with Crippen molar-refractivity contribution < 1.29 is 54.1 Å². The zero-order valence-electron chi connectivity index (χ0n) is 20.1. The molecule has 0 radical (unpaired) electrons. The average Bonchev–Trinajstić information content (AvgIpc) is 3.09. The zero-order chi connectivity index (χ0) is 27.4. The highest BCUT2D eigenvalue weighted by Crippen LogP contribution is 2.61. The summed E-state index contributed by atoms with van der Waals surface area (Å²) in [4.78, 5) is 0. The third-order valence-electron chi connectivity index (χ3n) is 8.75. The summed E-state index contributed by atoms with van der Waals surface area (Å²) in [5.74, 6) is 1.27. The minimum atomic E-state index is -6.73. The van der Waals surface area contributed by atoms with Crippen molar-refractivity contribution in [2.24, 2.45) is 17.3 Å². The number of phenolic OH excluding ortho intramolecular Hbond substituents is 1. The van der Waals surface area contributed by atoms with Gasteiger partial charge in [0.05, 0.1) is 12.7 Å². The van der Waals surface area contributed by atoms with Gasteiger partial charge in [-0.25, -0.2) is 0 Å². The average molecular weight is 548 g/mol. The Bertz CT molecular complexity index is 936. The Labute approximate surface area is 208 Å². The smallest absolute Gasteiger partial charge is 0.435 e. The Balaban J connectivity index is 1.37. The van der Waals surface area contributed by atoms with Crippen molar-refractivity contribution in [2.75, 3.05) is 13.2 Å². The Morgan fingerprint density at radius 2 is 1.54 bits per heavy atom. The van der Waals surface area contributed by atoms with Crippen molar-refractivity contribution in [3.8, 4) is 5.75 Å². The molecule has 0 unspecified atom stereocenters. The summed E-state index contributed by atoms with van der Waals surface area (Å²) in [7, 11) is 0. The number of halogens is 9. The van der Waals surface area contributed by atoms with Crippen LogP contribution in [0.15, 0.2) is 18.2 Å². The molecule has 3 aliphatic rings. The quantitative estimate of drug-likeness (QED) is 0.296. The Morgan fingerprint density at radius 1 is 0.892 bits per heavy atom. The highest BCUT2D eigenvalue weighted by atomic mass is 19.4. The van der Waals surface area contributed by atoms with Gasteiger partial charge in [0.15, 0.2) is 0 Å². The molecule has 2 fully saturated rings. The van der Waals surface area contributed by atoms with Crippen LogP contribution >= 0.6 is 0 Å². The van der Waals surface area contributed by atoms with Crippen LogP contribution in [0.25, 0.3) is 0 Å². The highest BCUT2D eigenvalue weighted by molar-refractivity contribution is 5.40. The number of alkyl halides is 9. The molecule has 37 heavy (non-hydrogen) atoms. The van der Waals surface area contributed by atoms with Crippen LogP contribution < -0.4 is 0 Å². The normalized spacial score (nSPS) is 30.5. The first kappa shape index (κ1) is 28.3. The Kier molecular flexibility index (Phi) is 7.27. The lowest BCUT2D eigenvalue weighted by Crippen LogP contribution is -2.67. The molecule has 1 aromatic rings. The summed E-state index contributed by atoms with van der Waals surface area (Å²) in [5.41, 5.74) is -4.11. The van der Waals surface area contributed by atoms with Gasteiger partial charge < -0.3 is 14.6 Å². The topological polar surface area (TPSA) is 38.7 Å². The molecular weight excluding hydrogens is 519 g/mol. The summed E-state index contributed by atoms with van der Waals surface area (Å²) >= 11 is 0. The van der Waals surface area contributed by atoms with Crippen LogP contribution in [-0.4, -0.2) is 48.6 Å². The summed E-state index contributed by atoms with van der Waals surface area (Å²) < 4.78 is 126. The van der Waals surface area contributed by atoms with Gasteiger partial charge in [0.1, 0.15) is 5.75 Å². The summed E-state index contributed by atoms with van der Waals surface area (Å²) in [6.07, 6.45) is -16.1. The van der Waals surface area contributed by atoms with E-state index >= 15 is 0 Å². The predicted molar refractivity (Wildman–Crippen MR) is 114 cm³/mol. The van der Waals surface area contributed by atoms with Crippen LogP contribution in [0.2, 0.25) is 0 Å².